The first-order valence-electron chi connectivity index (χ1n) is 8.64. The zero-order valence-corrected chi connectivity index (χ0v) is 14.6. The molecule has 1 unspecified atom stereocenters. The van der Waals surface area contributed by atoms with Gasteiger partial charge >= 0.3 is 0 Å². The van der Waals surface area contributed by atoms with Gasteiger partial charge in [-0.1, -0.05) is 36.8 Å². The van der Waals surface area contributed by atoms with Crippen molar-refractivity contribution in [2.45, 2.75) is 32.2 Å². The van der Waals surface area contributed by atoms with Gasteiger partial charge in [-0.15, -0.1) is 0 Å². The lowest BCUT2D eigenvalue weighted by molar-refractivity contribution is -0.125. The van der Waals surface area contributed by atoms with Gasteiger partial charge in [-0.25, -0.2) is 0 Å². The normalized spacial score (nSPS) is 21.6. The summed E-state index contributed by atoms with van der Waals surface area (Å²) in [5, 5.41) is 10.8. The number of hydrogen-bond acceptors (Lipinski definition) is 3. The maximum atomic E-state index is 12.9. The number of hydrogen-bond donors (Lipinski definition) is 2. The fourth-order valence-electron chi connectivity index (χ4n) is 3.43. The van der Waals surface area contributed by atoms with E-state index in [4.69, 9.17) is 0 Å². The van der Waals surface area contributed by atoms with Crippen LogP contribution in [0.25, 0.3) is 0 Å². The molecule has 1 fully saturated rings. The maximum Gasteiger partial charge on any atom is 0.225 e. The van der Waals surface area contributed by atoms with Crippen LogP contribution in [0.15, 0.2) is 36.7 Å². The van der Waals surface area contributed by atoms with E-state index < -0.39 is 0 Å². The molecule has 1 aromatic heterocycles. The van der Waals surface area contributed by atoms with Crippen molar-refractivity contribution in [1.29, 1.82) is 0 Å². The van der Waals surface area contributed by atoms with Crippen molar-refractivity contribution in [3.05, 3.63) is 53.3 Å². The number of rotatable bonds is 5. The van der Waals surface area contributed by atoms with Gasteiger partial charge in [-0.05, 0) is 24.5 Å². The molecule has 1 aliphatic heterocycles. The Bertz CT molecular complexity index is 692. The second-order valence-corrected chi connectivity index (χ2v) is 6.70. The minimum Gasteiger partial charge on any atom is -0.349 e. The molecule has 2 heterocycles. The summed E-state index contributed by atoms with van der Waals surface area (Å²) in [7, 11) is 1.91. The Hall–Kier alpha value is -2.14. The number of carbonyl (C=O) groups excluding carboxylic acids is 1. The first-order valence-corrected chi connectivity index (χ1v) is 8.64. The van der Waals surface area contributed by atoms with Crippen molar-refractivity contribution in [3.8, 4) is 0 Å². The van der Waals surface area contributed by atoms with Gasteiger partial charge < -0.3 is 10.6 Å². The standard InChI is InChI=1S/C19H26N4O/c1-4-18(14-7-5-13(2)6-8-14)22-19(24)17-11-20-10-16(17)15-9-21-23(3)12-15/h5-9,12,16-18,20H,4,10-11H2,1-3H3,(H,22,24)/t16-,17+,18?/m1/s1. The minimum atomic E-state index is -0.0475. The Morgan fingerprint density at radius 2 is 2.12 bits per heavy atom. The molecule has 0 radical (unpaired) electrons. The first kappa shape index (κ1) is 16.7. The number of carbonyl (C=O) groups is 1. The van der Waals surface area contributed by atoms with E-state index in [-0.39, 0.29) is 23.8 Å². The number of nitrogens with one attached hydrogen (secondary N) is 2. The molecule has 3 atom stereocenters. The molecule has 0 saturated carbocycles. The molecule has 1 aliphatic rings. The van der Waals surface area contributed by atoms with Gasteiger partial charge in [0, 0.05) is 32.3 Å². The lowest BCUT2D eigenvalue weighted by atomic mass is 9.89. The van der Waals surface area contributed by atoms with Crippen LogP contribution >= 0.6 is 0 Å². The van der Waals surface area contributed by atoms with Crippen LogP contribution in [-0.4, -0.2) is 28.8 Å². The topological polar surface area (TPSA) is 59.0 Å². The van der Waals surface area contributed by atoms with E-state index in [1.54, 1.807) is 4.68 Å². The average molecular weight is 326 g/mol. The molecule has 24 heavy (non-hydrogen) atoms. The molecule has 2 N–H and O–H groups in total. The lowest BCUT2D eigenvalue weighted by Crippen LogP contribution is -2.36. The van der Waals surface area contributed by atoms with E-state index in [2.05, 4.69) is 53.8 Å². The summed E-state index contributed by atoms with van der Waals surface area (Å²) in [5.41, 5.74) is 3.53. The molecule has 2 aromatic rings. The quantitative estimate of drug-likeness (QED) is 0.886. The smallest absolute Gasteiger partial charge is 0.225 e. The van der Waals surface area contributed by atoms with Crippen LogP contribution in [-0.2, 0) is 11.8 Å². The van der Waals surface area contributed by atoms with Crippen LogP contribution in [0.1, 0.15) is 42.0 Å². The molecule has 5 nitrogen and oxygen atoms in total. The average Bonchev–Trinajstić information content (AvgIpc) is 3.22. The Morgan fingerprint density at radius 1 is 1.38 bits per heavy atom. The van der Waals surface area contributed by atoms with Gasteiger partial charge in [0.25, 0.3) is 0 Å². The molecular weight excluding hydrogens is 300 g/mol. The molecule has 3 rings (SSSR count). The number of aromatic nitrogens is 2. The van der Waals surface area contributed by atoms with E-state index >= 15 is 0 Å². The Labute approximate surface area is 143 Å². The SMILES string of the molecule is CCC(NC(=O)[C@H]1CNC[C@@H]1c1cnn(C)c1)c1ccc(C)cc1. The van der Waals surface area contributed by atoms with E-state index in [1.807, 2.05) is 19.4 Å². The number of aryl methyl sites for hydroxylation is 2. The van der Waals surface area contributed by atoms with E-state index in [1.165, 1.54) is 11.1 Å². The van der Waals surface area contributed by atoms with Crippen LogP contribution in [0, 0.1) is 12.8 Å². The molecular formula is C19H26N4O. The van der Waals surface area contributed by atoms with E-state index in [0.29, 0.717) is 0 Å². The van der Waals surface area contributed by atoms with Crippen LogP contribution in [0.3, 0.4) is 0 Å². The summed E-state index contributed by atoms with van der Waals surface area (Å²) in [6.45, 7) is 5.73. The van der Waals surface area contributed by atoms with Crippen molar-refractivity contribution in [1.82, 2.24) is 20.4 Å². The maximum absolute atomic E-state index is 12.9. The highest BCUT2D eigenvalue weighted by atomic mass is 16.2. The van der Waals surface area contributed by atoms with E-state index in [0.717, 1.165) is 25.1 Å². The zero-order chi connectivity index (χ0) is 17.1. The molecule has 0 spiro atoms. The number of nitrogens with zero attached hydrogens (tertiary/aromatic N) is 2. The molecule has 5 heteroatoms. The van der Waals surface area contributed by atoms with Crippen molar-refractivity contribution in [3.63, 3.8) is 0 Å². The Balaban J connectivity index is 1.71. The third-order valence-electron chi connectivity index (χ3n) is 4.91. The lowest BCUT2D eigenvalue weighted by Gasteiger charge is -2.22. The molecule has 1 amide bonds. The van der Waals surface area contributed by atoms with Crippen molar-refractivity contribution in [2.24, 2.45) is 13.0 Å². The van der Waals surface area contributed by atoms with Crippen LogP contribution < -0.4 is 10.6 Å². The minimum absolute atomic E-state index is 0.0475. The summed E-state index contributed by atoms with van der Waals surface area (Å²) in [6, 6.07) is 8.47. The monoisotopic (exact) mass is 326 g/mol. The third kappa shape index (κ3) is 3.51. The predicted molar refractivity (Wildman–Crippen MR) is 94.7 cm³/mol. The highest BCUT2D eigenvalue weighted by molar-refractivity contribution is 5.81. The van der Waals surface area contributed by atoms with Gasteiger partial charge in [0.15, 0.2) is 0 Å². The van der Waals surface area contributed by atoms with Gasteiger partial charge in [0.1, 0.15) is 0 Å². The number of amides is 1. The van der Waals surface area contributed by atoms with Crippen LogP contribution in [0.4, 0.5) is 0 Å². The Morgan fingerprint density at radius 3 is 2.75 bits per heavy atom. The van der Waals surface area contributed by atoms with Gasteiger partial charge in [0.05, 0.1) is 18.2 Å². The van der Waals surface area contributed by atoms with Crippen molar-refractivity contribution < 1.29 is 4.79 Å². The highest BCUT2D eigenvalue weighted by Crippen LogP contribution is 2.29. The van der Waals surface area contributed by atoms with Gasteiger partial charge in [-0.3, -0.25) is 9.48 Å². The molecule has 1 saturated heterocycles. The van der Waals surface area contributed by atoms with Crippen molar-refractivity contribution in [2.75, 3.05) is 13.1 Å². The summed E-state index contributed by atoms with van der Waals surface area (Å²) < 4.78 is 1.80. The highest BCUT2D eigenvalue weighted by Gasteiger charge is 2.35. The first-order chi connectivity index (χ1) is 11.6. The zero-order valence-electron chi connectivity index (χ0n) is 14.6. The van der Waals surface area contributed by atoms with E-state index in [9.17, 15) is 4.79 Å². The van der Waals surface area contributed by atoms with Gasteiger partial charge in [-0.2, -0.15) is 5.10 Å². The largest absolute Gasteiger partial charge is 0.349 e. The van der Waals surface area contributed by atoms with Crippen molar-refractivity contribution >= 4 is 5.91 Å². The summed E-state index contributed by atoms with van der Waals surface area (Å²) in [4.78, 5) is 12.9. The summed E-state index contributed by atoms with van der Waals surface area (Å²) in [6.07, 6.45) is 4.76. The van der Waals surface area contributed by atoms with Crippen LogP contribution in [0.5, 0.6) is 0 Å². The summed E-state index contributed by atoms with van der Waals surface area (Å²) in [5.74, 6) is 0.268. The summed E-state index contributed by atoms with van der Waals surface area (Å²) >= 11 is 0. The third-order valence-corrected chi connectivity index (χ3v) is 4.91. The molecule has 0 aliphatic carbocycles. The molecule has 0 bridgehead atoms. The molecule has 128 valence electrons. The van der Waals surface area contributed by atoms with Gasteiger partial charge in [0.2, 0.25) is 5.91 Å². The number of benzene rings is 1. The molecule has 1 aromatic carbocycles. The fraction of sp³-hybridized carbons (Fsp3) is 0.474. The second kappa shape index (κ2) is 7.18. The Kier molecular flexibility index (Phi) is 5.00. The fourth-order valence-corrected chi connectivity index (χ4v) is 3.43. The van der Waals surface area contributed by atoms with Crippen LogP contribution in [0.2, 0.25) is 0 Å². The second-order valence-electron chi connectivity index (χ2n) is 6.70. The predicted octanol–water partition coefficient (Wildman–Crippen LogP) is 2.30.